The molecule has 7 nitrogen and oxygen atoms in total. The lowest BCUT2D eigenvalue weighted by Crippen LogP contribution is -2.27. The number of rotatable bonds is 31. The van der Waals surface area contributed by atoms with Gasteiger partial charge in [0.15, 0.2) is 0 Å². The number of unbranched alkanes of at least 4 members (excludes halogenated alkanes) is 19. The topological polar surface area (TPSA) is 94.1 Å². The number of ether oxygens (including phenoxy) is 3. The first-order valence-corrected chi connectivity index (χ1v) is 16.3. The first-order chi connectivity index (χ1) is 19.1. The van der Waals surface area contributed by atoms with Crippen molar-refractivity contribution in [1.82, 2.24) is 5.32 Å². The van der Waals surface area contributed by atoms with Crippen molar-refractivity contribution in [3.05, 3.63) is 0 Å². The zero-order valence-electron chi connectivity index (χ0n) is 25.7. The van der Waals surface area contributed by atoms with Crippen LogP contribution >= 0.6 is 0 Å². The summed E-state index contributed by atoms with van der Waals surface area (Å²) in [4.78, 5) is 22.8. The molecule has 1 amide bonds. The fraction of sp³-hybridized carbons (Fsp3) is 0.938. The summed E-state index contributed by atoms with van der Waals surface area (Å²) in [7, 11) is 0. The highest BCUT2D eigenvalue weighted by molar-refractivity contribution is 5.72. The van der Waals surface area contributed by atoms with Crippen molar-refractivity contribution in [1.29, 1.82) is 0 Å². The molecule has 2 N–H and O–H groups in total. The Balaban J connectivity index is 3.38. The summed E-state index contributed by atoms with van der Waals surface area (Å²) >= 11 is 0. The number of hydrogen-bond acceptors (Lipinski definition) is 6. The highest BCUT2D eigenvalue weighted by atomic mass is 16.7. The van der Waals surface area contributed by atoms with Crippen molar-refractivity contribution < 1.29 is 28.9 Å². The van der Waals surface area contributed by atoms with Crippen LogP contribution in [0.5, 0.6) is 0 Å². The van der Waals surface area contributed by atoms with Gasteiger partial charge in [-0.05, 0) is 19.3 Å². The maximum atomic E-state index is 12.0. The molecule has 39 heavy (non-hydrogen) atoms. The lowest BCUT2D eigenvalue weighted by molar-refractivity contribution is -0.159. The van der Waals surface area contributed by atoms with Crippen LogP contribution in [-0.4, -0.2) is 56.2 Å². The maximum Gasteiger partial charge on any atom is 0.306 e. The van der Waals surface area contributed by atoms with E-state index in [0.29, 0.717) is 13.0 Å². The van der Waals surface area contributed by atoms with Crippen LogP contribution in [0.25, 0.3) is 0 Å². The van der Waals surface area contributed by atoms with Crippen LogP contribution in [0.4, 0.5) is 0 Å². The number of aliphatic hydroxyl groups is 1. The minimum absolute atomic E-state index is 0.0651. The highest BCUT2D eigenvalue weighted by Crippen LogP contribution is 2.13. The van der Waals surface area contributed by atoms with E-state index in [4.69, 9.17) is 14.2 Å². The van der Waals surface area contributed by atoms with E-state index >= 15 is 0 Å². The molecule has 0 fully saturated rings. The molecule has 0 unspecified atom stereocenters. The number of amides is 1. The Kier molecular flexibility index (Phi) is 30.4. The number of nitrogens with one attached hydrogen (secondary N) is 1. The predicted molar refractivity (Wildman–Crippen MR) is 160 cm³/mol. The third-order valence-corrected chi connectivity index (χ3v) is 7.05. The molecule has 0 spiro atoms. The Labute approximate surface area is 240 Å². The van der Waals surface area contributed by atoms with Crippen LogP contribution in [0, 0.1) is 0 Å². The molecule has 232 valence electrons. The first-order valence-electron chi connectivity index (χ1n) is 16.3. The van der Waals surface area contributed by atoms with Gasteiger partial charge in [0, 0.05) is 26.5 Å². The average Bonchev–Trinajstić information content (AvgIpc) is 2.92. The summed E-state index contributed by atoms with van der Waals surface area (Å²) in [5.41, 5.74) is 0. The van der Waals surface area contributed by atoms with Crippen LogP contribution in [0.1, 0.15) is 155 Å². The second kappa shape index (κ2) is 31.3. The Hall–Kier alpha value is -1.18. The van der Waals surface area contributed by atoms with Crippen LogP contribution < -0.4 is 5.32 Å². The van der Waals surface area contributed by atoms with E-state index in [-0.39, 0.29) is 31.9 Å². The first kappa shape index (κ1) is 37.8. The molecule has 0 bridgehead atoms. The molecule has 0 rings (SSSR count). The summed E-state index contributed by atoms with van der Waals surface area (Å²) in [6.07, 6.45) is 25.6. The zero-order valence-corrected chi connectivity index (χ0v) is 25.7. The fourth-order valence-corrected chi connectivity index (χ4v) is 4.61. The molecule has 7 heteroatoms. The lowest BCUT2D eigenvalue weighted by Gasteiger charge is -2.16. The smallest absolute Gasteiger partial charge is 0.306 e. The molecule has 0 radical (unpaired) electrons. The Morgan fingerprint density at radius 3 is 1.67 bits per heavy atom. The molecular weight excluding hydrogens is 494 g/mol. The quantitative estimate of drug-likeness (QED) is 0.0517. The Morgan fingerprint density at radius 2 is 1.15 bits per heavy atom. The average molecular weight is 558 g/mol. The van der Waals surface area contributed by atoms with Gasteiger partial charge < -0.3 is 24.6 Å². The van der Waals surface area contributed by atoms with Gasteiger partial charge in [0.25, 0.3) is 0 Å². The summed E-state index contributed by atoms with van der Waals surface area (Å²) in [6, 6.07) is 0. The van der Waals surface area contributed by atoms with E-state index in [1.54, 1.807) is 6.92 Å². The van der Waals surface area contributed by atoms with E-state index in [1.165, 1.54) is 109 Å². The van der Waals surface area contributed by atoms with Crippen LogP contribution in [0.15, 0.2) is 0 Å². The maximum absolute atomic E-state index is 12.0. The van der Waals surface area contributed by atoms with Crippen LogP contribution in [-0.2, 0) is 23.8 Å². The van der Waals surface area contributed by atoms with E-state index in [1.807, 2.05) is 0 Å². The number of carbonyl (C=O) groups is 2. The molecule has 0 aliphatic heterocycles. The zero-order chi connectivity index (χ0) is 28.7. The molecule has 0 aromatic rings. The SMILES string of the molecule is CCCCCCCCCCCCC(=O)O[C@@H](CO)COCOCCCCCCCCCCCCCNC(C)=O. The van der Waals surface area contributed by atoms with Crippen molar-refractivity contribution in [2.45, 2.75) is 161 Å². The summed E-state index contributed by atoms with van der Waals surface area (Å²) in [5, 5.41) is 12.3. The number of esters is 1. The monoisotopic (exact) mass is 557 g/mol. The van der Waals surface area contributed by atoms with Crippen LogP contribution in [0.2, 0.25) is 0 Å². The van der Waals surface area contributed by atoms with Gasteiger partial charge in [0.05, 0.1) is 13.2 Å². The molecule has 0 aliphatic carbocycles. The van der Waals surface area contributed by atoms with E-state index in [9.17, 15) is 14.7 Å². The van der Waals surface area contributed by atoms with Gasteiger partial charge in [-0.15, -0.1) is 0 Å². The van der Waals surface area contributed by atoms with Crippen molar-refractivity contribution in [2.24, 2.45) is 0 Å². The van der Waals surface area contributed by atoms with Crippen molar-refractivity contribution in [3.63, 3.8) is 0 Å². The van der Waals surface area contributed by atoms with Gasteiger partial charge in [0.2, 0.25) is 5.91 Å². The molecule has 0 saturated carbocycles. The standard InChI is InChI=1S/C32H63NO6/c1-3-4-5-6-7-8-12-15-18-21-24-32(36)39-31(27-34)28-38-29-37-26-23-20-17-14-11-9-10-13-16-19-22-25-33-30(2)35/h31,34H,3-29H2,1-2H3,(H,33,35)/t31-/m0/s1. The molecule has 0 aromatic carbocycles. The largest absolute Gasteiger partial charge is 0.457 e. The lowest BCUT2D eigenvalue weighted by atomic mass is 10.1. The van der Waals surface area contributed by atoms with Crippen molar-refractivity contribution in [3.8, 4) is 0 Å². The van der Waals surface area contributed by atoms with Crippen molar-refractivity contribution >= 4 is 11.9 Å². The van der Waals surface area contributed by atoms with Gasteiger partial charge in [-0.25, -0.2) is 0 Å². The summed E-state index contributed by atoms with van der Waals surface area (Å²) < 4.78 is 16.3. The van der Waals surface area contributed by atoms with Gasteiger partial charge in [-0.1, -0.05) is 122 Å². The molecular formula is C32H63NO6. The minimum Gasteiger partial charge on any atom is -0.457 e. The summed E-state index contributed by atoms with van der Waals surface area (Å²) in [6.45, 7) is 5.38. The Morgan fingerprint density at radius 1 is 0.667 bits per heavy atom. The third-order valence-electron chi connectivity index (χ3n) is 7.05. The third kappa shape index (κ3) is 31.2. The molecule has 0 saturated heterocycles. The second-order valence-corrected chi connectivity index (χ2v) is 11.0. The van der Waals surface area contributed by atoms with Gasteiger partial charge in [-0.3, -0.25) is 9.59 Å². The fourth-order valence-electron chi connectivity index (χ4n) is 4.61. The molecule has 0 heterocycles. The molecule has 1 atom stereocenters. The van der Waals surface area contributed by atoms with Gasteiger partial charge in [0.1, 0.15) is 12.9 Å². The van der Waals surface area contributed by atoms with Gasteiger partial charge >= 0.3 is 5.97 Å². The van der Waals surface area contributed by atoms with E-state index in [2.05, 4.69) is 12.2 Å². The molecule has 0 aliphatic rings. The van der Waals surface area contributed by atoms with E-state index in [0.717, 1.165) is 32.2 Å². The molecule has 0 aromatic heterocycles. The number of carbonyl (C=O) groups excluding carboxylic acids is 2. The van der Waals surface area contributed by atoms with Crippen LogP contribution in [0.3, 0.4) is 0 Å². The van der Waals surface area contributed by atoms with E-state index < -0.39 is 6.10 Å². The second-order valence-electron chi connectivity index (χ2n) is 11.0. The Bertz CT molecular complexity index is 531. The normalized spacial score (nSPS) is 12.0. The highest BCUT2D eigenvalue weighted by Gasteiger charge is 2.13. The number of aliphatic hydroxyl groups excluding tert-OH is 1. The number of hydrogen-bond donors (Lipinski definition) is 2. The van der Waals surface area contributed by atoms with Crippen molar-refractivity contribution in [2.75, 3.05) is 33.2 Å². The van der Waals surface area contributed by atoms with Gasteiger partial charge in [-0.2, -0.15) is 0 Å². The summed E-state index contributed by atoms with van der Waals surface area (Å²) in [5.74, 6) is -0.188. The predicted octanol–water partition coefficient (Wildman–Crippen LogP) is 7.62. The minimum atomic E-state index is -0.618.